The van der Waals surface area contributed by atoms with Crippen molar-refractivity contribution in [3.05, 3.63) is 59.2 Å². The normalized spacial score (nSPS) is 19.0. The summed E-state index contributed by atoms with van der Waals surface area (Å²) in [6.45, 7) is 0.656. The summed E-state index contributed by atoms with van der Waals surface area (Å²) >= 11 is 4.19. The molecule has 0 aliphatic carbocycles. The molecule has 2 aromatic carbocycles. The summed E-state index contributed by atoms with van der Waals surface area (Å²) in [6.07, 6.45) is 2.07. The average molecular weight is 455 g/mol. The van der Waals surface area contributed by atoms with Gasteiger partial charge < -0.3 is 0 Å². The predicted octanol–water partition coefficient (Wildman–Crippen LogP) is 3.30. The summed E-state index contributed by atoms with van der Waals surface area (Å²) in [6, 6.07) is 14.0. The van der Waals surface area contributed by atoms with Crippen LogP contribution in [0.3, 0.4) is 0 Å². The Labute approximate surface area is 176 Å². The molecular formula is C20H20AsN4O2S+. The second-order valence-corrected chi connectivity index (χ2v) is 8.58. The SMILES string of the molecule is COc1cccc(OC)c1C1=C[N+](C)(Cc2nc3ccccc3s2)N=C([As])N1. The zero-order valence-electron chi connectivity index (χ0n) is 15.8. The van der Waals surface area contributed by atoms with Crippen LogP contribution in [-0.2, 0) is 6.54 Å². The van der Waals surface area contributed by atoms with Gasteiger partial charge in [-0.05, 0) is 0 Å². The Kier molecular flexibility index (Phi) is 5.15. The number of quaternary nitrogens is 1. The van der Waals surface area contributed by atoms with Crippen LogP contribution < -0.4 is 14.8 Å². The van der Waals surface area contributed by atoms with E-state index in [9.17, 15) is 0 Å². The molecule has 0 saturated heterocycles. The Morgan fingerprint density at radius 2 is 1.79 bits per heavy atom. The summed E-state index contributed by atoms with van der Waals surface area (Å²) < 4.78 is 13.5. The second-order valence-electron chi connectivity index (χ2n) is 6.58. The summed E-state index contributed by atoms with van der Waals surface area (Å²) in [5.74, 6) is 1.48. The third-order valence-electron chi connectivity index (χ3n) is 4.47. The van der Waals surface area contributed by atoms with Gasteiger partial charge in [-0.1, -0.05) is 0 Å². The fraction of sp³-hybridized carbons (Fsp3) is 0.200. The van der Waals surface area contributed by atoms with Crippen molar-refractivity contribution in [2.24, 2.45) is 5.10 Å². The molecule has 1 unspecified atom stereocenters. The van der Waals surface area contributed by atoms with E-state index < -0.39 is 0 Å². The maximum absolute atomic E-state index is 5.58. The minimum atomic E-state index is 0.341. The first-order valence-electron chi connectivity index (χ1n) is 8.71. The molecule has 0 bridgehead atoms. The third kappa shape index (κ3) is 3.65. The molecule has 2 radical (unpaired) electrons. The van der Waals surface area contributed by atoms with E-state index in [-0.39, 0.29) is 0 Å². The first-order valence-corrected chi connectivity index (χ1v) is 10.5. The number of aromatic nitrogens is 1. The fourth-order valence-corrected chi connectivity index (χ4v) is 5.06. The van der Waals surface area contributed by atoms with Crippen LogP contribution in [0.25, 0.3) is 15.9 Å². The molecule has 1 aliphatic rings. The summed E-state index contributed by atoms with van der Waals surface area (Å²) in [5, 5.41) is 9.17. The number of rotatable bonds is 5. The second kappa shape index (κ2) is 7.58. The van der Waals surface area contributed by atoms with Gasteiger partial charge in [-0.15, -0.1) is 0 Å². The van der Waals surface area contributed by atoms with Crippen LogP contribution in [0, 0.1) is 0 Å². The molecule has 0 spiro atoms. The van der Waals surface area contributed by atoms with Crippen LogP contribution in [-0.4, -0.2) is 52.3 Å². The van der Waals surface area contributed by atoms with Crippen molar-refractivity contribution in [2.75, 3.05) is 21.3 Å². The van der Waals surface area contributed by atoms with Gasteiger partial charge >= 0.3 is 177 Å². The zero-order chi connectivity index (χ0) is 19.7. The summed E-state index contributed by atoms with van der Waals surface area (Å²) in [5.41, 5.74) is 2.79. The zero-order valence-corrected chi connectivity index (χ0v) is 18.5. The van der Waals surface area contributed by atoms with Crippen LogP contribution in [0.2, 0.25) is 0 Å². The van der Waals surface area contributed by atoms with Crippen molar-refractivity contribution >= 4 is 48.7 Å². The fourth-order valence-electron chi connectivity index (χ4n) is 3.29. The third-order valence-corrected chi connectivity index (χ3v) is 5.91. The number of thiazole rings is 1. The molecule has 28 heavy (non-hydrogen) atoms. The van der Waals surface area contributed by atoms with Gasteiger partial charge in [0.2, 0.25) is 0 Å². The minimum absolute atomic E-state index is 0.341. The van der Waals surface area contributed by atoms with Gasteiger partial charge in [-0.3, -0.25) is 0 Å². The Bertz CT molecular complexity index is 1040. The van der Waals surface area contributed by atoms with Gasteiger partial charge in [0.1, 0.15) is 0 Å². The summed E-state index contributed by atoms with van der Waals surface area (Å²) in [4.78, 5) is 4.77. The average Bonchev–Trinajstić information content (AvgIpc) is 3.07. The molecule has 1 aromatic heterocycles. The topological polar surface area (TPSA) is 55.7 Å². The van der Waals surface area contributed by atoms with Gasteiger partial charge in [0.15, 0.2) is 0 Å². The molecule has 142 valence electrons. The molecule has 2 heterocycles. The van der Waals surface area contributed by atoms with Crippen LogP contribution in [0.15, 0.2) is 53.8 Å². The number of ether oxygens (including phenoxy) is 2. The van der Waals surface area contributed by atoms with Crippen molar-refractivity contribution < 1.29 is 14.1 Å². The van der Waals surface area contributed by atoms with Gasteiger partial charge in [-0.2, -0.15) is 0 Å². The Morgan fingerprint density at radius 3 is 2.46 bits per heavy atom. The number of amidine groups is 1. The molecule has 1 aliphatic heterocycles. The van der Waals surface area contributed by atoms with Crippen molar-refractivity contribution in [3.8, 4) is 11.5 Å². The first kappa shape index (κ1) is 19.0. The van der Waals surface area contributed by atoms with E-state index in [0.29, 0.717) is 11.1 Å². The monoisotopic (exact) mass is 455 g/mol. The molecule has 6 nitrogen and oxygen atoms in total. The number of methoxy groups -OCH3 is 2. The predicted molar refractivity (Wildman–Crippen MR) is 113 cm³/mol. The van der Waals surface area contributed by atoms with E-state index in [1.54, 1.807) is 25.6 Å². The van der Waals surface area contributed by atoms with Gasteiger partial charge in [-0.25, -0.2) is 0 Å². The molecule has 8 heteroatoms. The molecule has 0 amide bonds. The number of hydrogen-bond acceptors (Lipinski definition) is 6. The van der Waals surface area contributed by atoms with Crippen LogP contribution in [0.5, 0.6) is 11.5 Å². The molecule has 1 atom stereocenters. The molecule has 3 aromatic rings. The van der Waals surface area contributed by atoms with E-state index in [4.69, 9.17) is 19.6 Å². The van der Waals surface area contributed by atoms with E-state index >= 15 is 0 Å². The maximum atomic E-state index is 5.58. The number of nitrogens with zero attached hydrogens (tertiary/aromatic N) is 3. The quantitative estimate of drug-likeness (QED) is 0.474. The van der Waals surface area contributed by atoms with E-state index in [1.165, 1.54) is 4.70 Å². The molecule has 0 saturated carbocycles. The molecule has 4 rings (SSSR count). The van der Waals surface area contributed by atoms with E-state index in [1.807, 2.05) is 36.4 Å². The van der Waals surface area contributed by atoms with Gasteiger partial charge in [0, 0.05) is 0 Å². The van der Waals surface area contributed by atoms with E-state index in [2.05, 4.69) is 41.5 Å². The standard InChI is InChI=1S/C20H20AsN4O2S/c1-25(12-18-22-13-7-4-5-10-17(13)28-18)11-14(23-20(21)24-25)19-15(26-2)8-6-9-16(19)27-3/h4-11H,12H2,1-3H3,(H,23,24)/q+1. The van der Waals surface area contributed by atoms with Crippen molar-refractivity contribution in [1.82, 2.24) is 10.3 Å². The Morgan fingerprint density at radius 1 is 1.07 bits per heavy atom. The van der Waals surface area contributed by atoms with Gasteiger partial charge in [0.25, 0.3) is 0 Å². The summed E-state index contributed by atoms with van der Waals surface area (Å²) in [7, 11) is 5.38. The van der Waals surface area contributed by atoms with E-state index in [0.717, 1.165) is 37.9 Å². The molecule has 1 N–H and O–H groups in total. The number of hydrogen-bond donors (Lipinski definition) is 1. The Hall–Kier alpha value is -2.34. The molecule has 0 fully saturated rings. The van der Waals surface area contributed by atoms with Gasteiger partial charge in [0.05, 0.1) is 0 Å². The van der Waals surface area contributed by atoms with Crippen molar-refractivity contribution in [3.63, 3.8) is 0 Å². The van der Waals surface area contributed by atoms with Crippen molar-refractivity contribution in [1.29, 1.82) is 0 Å². The molecular weight excluding hydrogens is 435 g/mol. The van der Waals surface area contributed by atoms with Crippen molar-refractivity contribution in [2.45, 2.75) is 6.54 Å². The number of fused-ring (bicyclic) bond motifs is 1. The Balaban J connectivity index is 1.75. The number of benzene rings is 2. The number of nitrogens with one attached hydrogen (secondary N) is 1. The van der Waals surface area contributed by atoms with Crippen LogP contribution >= 0.6 is 11.3 Å². The van der Waals surface area contributed by atoms with Crippen LogP contribution in [0.4, 0.5) is 0 Å². The van der Waals surface area contributed by atoms with Crippen LogP contribution in [0.1, 0.15) is 10.6 Å². The number of para-hydroxylation sites is 1. The first-order chi connectivity index (χ1) is 13.5.